The fraction of sp³-hybridized carbons (Fsp3) is 0.294. The van der Waals surface area contributed by atoms with Crippen molar-refractivity contribution in [1.29, 1.82) is 0 Å². The number of benzene rings is 2. The number of carboxylic acids is 1. The molecule has 2 rings (SSSR count). The van der Waals surface area contributed by atoms with Crippen molar-refractivity contribution in [3.63, 3.8) is 0 Å². The summed E-state index contributed by atoms with van der Waals surface area (Å²) in [5, 5.41) is 13.6. The molecule has 0 bridgehead atoms. The molecule has 2 aromatic rings. The Morgan fingerprint density at radius 1 is 1.14 bits per heavy atom. The van der Waals surface area contributed by atoms with Gasteiger partial charge in [-0.05, 0) is 23.3 Å². The molecule has 0 aliphatic rings. The van der Waals surface area contributed by atoms with Crippen LogP contribution in [0.2, 0.25) is 0 Å². The standard InChI is InChI=1S/C17H19NO3/c1-2-3-11-15(17(20)21)18-16(19)14-10-6-8-12-7-4-5-9-13(12)14/h4-10,15H,2-3,11H2,1H3,(H,18,19)(H,20,21)/t15-/m1/s1. The molecule has 0 fully saturated rings. The van der Waals surface area contributed by atoms with Crippen molar-refractivity contribution in [2.24, 2.45) is 0 Å². The molecule has 1 atom stereocenters. The molecular formula is C17H19NO3. The lowest BCUT2D eigenvalue weighted by Crippen LogP contribution is -2.40. The third-order valence-electron chi connectivity index (χ3n) is 3.48. The lowest BCUT2D eigenvalue weighted by atomic mass is 10.0. The van der Waals surface area contributed by atoms with E-state index >= 15 is 0 Å². The number of carbonyl (C=O) groups is 2. The zero-order chi connectivity index (χ0) is 15.2. The van der Waals surface area contributed by atoms with Crippen LogP contribution in [0.15, 0.2) is 42.5 Å². The van der Waals surface area contributed by atoms with Crippen molar-refractivity contribution in [1.82, 2.24) is 5.32 Å². The summed E-state index contributed by atoms with van der Waals surface area (Å²) in [6.07, 6.45) is 2.11. The average molecular weight is 285 g/mol. The minimum absolute atomic E-state index is 0.338. The Labute approximate surface area is 123 Å². The Hall–Kier alpha value is -2.36. The van der Waals surface area contributed by atoms with Gasteiger partial charge in [0.1, 0.15) is 6.04 Å². The van der Waals surface area contributed by atoms with Gasteiger partial charge in [-0.1, -0.05) is 56.2 Å². The van der Waals surface area contributed by atoms with E-state index in [1.165, 1.54) is 0 Å². The fourth-order valence-corrected chi connectivity index (χ4v) is 2.33. The molecule has 2 aromatic carbocycles. The Morgan fingerprint density at radius 3 is 2.57 bits per heavy atom. The fourth-order valence-electron chi connectivity index (χ4n) is 2.33. The number of nitrogens with one attached hydrogen (secondary N) is 1. The largest absolute Gasteiger partial charge is 0.480 e. The summed E-state index contributed by atoms with van der Waals surface area (Å²) < 4.78 is 0. The zero-order valence-corrected chi connectivity index (χ0v) is 12.0. The molecule has 0 unspecified atom stereocenters. The maximum absolute atomic E-state index is 12.4. The van der Waals surface area contributed by atoms with E-state index < -0.39 is 12.0 Å². The first kappa shape index (κ1) is 15.0. The van der Waals surface area contributed by atoms with E-state index in [2.05, 4.69) is 5.32 Å². The normalized spacial score (nSPS) is 12.0. The number of unbranched alkanes of at least 4 members (excludes halogenated alkanes) is 1. The van der Waals surface area contributed by atoms with Crippen LogP contribution in [0.3, 0.4) is 0 Å². The van der Waals surface area contributed by atoms with Crippen molar-refractivity contribution < 1.29 is 14.7 Å². The molecule has 4 heteroatoms. The highest BCUT2D eigenvalue weighted by atomic mass is 16.4. The summed E-state index contributed by atoms with van der Waals surface area (Å²) in [7, 11) is 0. The van der Waals surface area contributed by atoms with Crippen LogP contribution in [0.25, 0.3) is 10.8 Å². The van der Waals surface area contributed by atoms with Gasteiger partial charge in [0.05, 0.1) is 0 Å². The molecule has 0 heterocycles. The second-order valence-corrected chi connectivity index (χ2v) is 5.03. The molecule has 1 amide bonds. The number of fused-ring (bicyclic) bond motifs is 1. The highest BCUT2D eigenvalue weighted by molar-refractivity contribution is 6.07. The van der Waals surface area contributed by atoms with E-state index in [0.717, 1.165) is 23.6 Å². The molecule has 4 nitrogen and oxygen atoms in total. The van der Waals surface area contributed by atoms with E-state index in [1.54, 1.807) is 12.1 Å². The van der Waals surface area contributed by atoms with Crippen LogP contribution in [0.1, 0.15) is 36.5 Å². The molecular weight excluding hydrogens is 266 g/mol. The second kappa shape index (κ2) is 6.88. The topological polar surface area (TPSA) is 66.4 Å². The van der Waals surface area contributed by atoms with Crippen LogP contribution >= 0.6 is 0 Å². The average Bonchev–Trinajstić information content (AvgIpc) is 2.50. The van der Waals surface area contributed by atoms with E-state index in [0.29, 0.717) is 12.0 Å². The van der Waals surface area contributed by atoms with Gasteiger partial charge in [-0.2, -0.15) is 0 Å². The predicted octanol–water partition coefficient (Wildman–Crippen LogP) is 3.21. The Morgan fingerprint density at radius 2 is 1.86 bits per heavy atom. The monoisotopic (exact) mass is 285 g/mol. The maximum atomic E-state index is 12.4. The molecule has 0 radical (unpaired) electrons. The highest BCUT2D eigenvalue weighted by Crippen LogP contribution is 2.18. The SMILES string of the molecule is CCCC[C@@H](NC(=O)c1cccc2ccccc12)C(=O)O. The van der Waals surface area contributed by atoms with Crippen LogP contribution < -0.4 is 5.32 Å². The van der Waals surface area contributed by atoms with Crippen molar-refractivity contribution in [3.05, 3.63) is 48.0 Å². The van der Waals surface area contributed by atoms with E-state index in [1.807, 2.05) is 37.3 Å². The Balaban J connectivity index is 2.23. The van der Waals surface area contributed by atoms with Crippen molar-refractivity contribution in [2.75, 3.05) is 0 Å². The van der Waals surface area contributed by atoms with Crippen LogP contribution in [0, 0.1) is 0 Å². The summed E-state index contributed by atoms with van der Waals surface area (Å²) in [6.45, 7) is 1.99. The first-order chi connectivity index (χ1) is 10.1. The van der Waals surface area contributed by atoms with Crippen LogP contribution in [0.4, 0.5) is 0 Å². The number of carbonyl (C=O) groups excluding carboxylic acids is 1. The summed E-state index contributed by atoms with van der Waals surface area (Å²) in [6, 6.07) is 12.2. The van der Waals surface area contributed by atoms with E-state index in [4.69, 9.17) is 0 Å². The van der Waals surface area contributed by atoms with Crippen LogP contribution in [-0.4, -0.2) is 23.0 Å². The van der Waals surface area contributed by atoms with Gasteiger partial charge in [-0.15, -0.1) is 0 Å². The number of amides is 1. The van der Waals surface area contributed by atoms with Gasteiger partial charge in [-0.25, -0.2) is 4.79 Å². The third-order valence-corrected chi connectivity index (χ3v) is 3.48. The zero-order valence-electron chi connectivity index (χ0n) is 12.0. The third kappa shape index (κ3) is 3.60. The quantitative estimate of drug-likeness (QED) is 0.856. The first-order valence-corrected chi connectivity index (χ1v) is 7.15. The van der Waals surface area contributed by atoms with Crippen LogP contribution in [0.5, 0.6) is 0 Å². The lowest BCUT2D eigenvalue weighted by molar-refractivity contribution is -0.139. The molecule has 0 aliphatic heterocycles. The molecule has 110 valence electrons. The van der Waals surface area contributed by atoms with Crippen molar-refractivity contribution >= 4 is 22.6 Å². The van der Waals surface area contributed by atoms with Crippen LogP contribution in [-0.2, 0) is 4.79 Å². The smallest absolute Gasteiger partial charge is 0.326 e. The number of hydrogen-bond donors (Lipinski definition) is 2. The van der Waals surface area contributed by atoms with Gasteiger partial charge in [0, 0.05) is 5.56 Å². The second-order valence-electron chi connectivity index (χ2n) is 5.03. The maximum Gasteiger partial charge on any atom is 0.326 e. The summed E-state index contributed by atoms with van der Waals surface area (Å²) in [5.74, 6) is -1.33. The molecule has 0 spiro atoms. The minimum atomic E-state index is -0.989. The molecule has 2 N–H and O–H groups in total. The summed E-state index contributed by atoms with van der Waals surface area (Å²) in [4.78, 5) is 23.6. The van der Waals surface area contributed by atoms with Gasteiger partial charge in [0.2, 0.25) is 0 Å². The Bertz CT molecular complexity index is 646. The van der Waals surface area contributed by atoms with E-state index in [9.17, 15) is 14.7 Å². The van der Waals surface area contributed by atoms with Crippen molar-refractivity contribution in [3.8, 4) is 0 Å². The van der Waals surface area contributed by atoms with Gasteiger partial charge in [0.15, 0.2) is 0 Å². The summed E-state index contributed by atoms with van der Waals surface area (Å²) >= 11 is 0. The van der Waals surface area contributed by atoms with Gasteiger partial charge in [0.25, 0.3) is 5.91 Å². The highest BCUT2D eigenvalue weighted by Gasteiger charge is 2.20. The molecule has 0 aliphatic carbocycles. The predicted molar refractivity (Wildman–Crippen MR) is 82.4 cm³/mol. The molecule has 21 heavy (non-hydrogen) atoms. The minimum Gasteiger partial charge on any atom is -0.480 e. The summed E-state index contributed by atoms with van der Waals surface area (Å²) in [5.41, 5.74) is 0.510. The molecule has 0 saturated carbocycles. The molecule has 0 aromatic heterocycles. The van der Waals surface area contributed by atoms with E-state index in [-0.39, 0.29) is 5.91 Å². The number of rotatable bonds is 6. The van der Waals surface area contributed by atoms with Gasteiger partial charge in [-0.3, -0.25) is 4.79 Å². The lowest BCUT2D eigenvalue weighted by Gasteiger charge is -2.15. The number of aliphatic carboxylic acids is 1. The number of carboxylic acid groups (broad SMARTS) is 1. The Kier molecular flexibility index (Phi) is 4.93. The molecule has 0 saturated heterocycles. The first-order valence-electron chi connectivity index (χ1n) is 7.15. The van der Waals surface area contributed by atoms with Gasteiger partial charge < -0.3 is 10.4 Å². The van der Waals surface area contributed by atoms with Crippen molar-refractivity contribution in [2.45, 2.75) is 32.2 Å². The number of hydrogen-bond acceptors (Lipinski definition) is 2. The van der Waals surface area contributed by atoms with Gasteiger partial charge >= 0.3 is 5.97 Å².